The first kappa shape index (κ1) is 96.7. The van der Waals surface area contributed by atoms with Crippen molar-refractivity contribution >= 4 is 235 Å². The van der Waals surface area contributed by atoms with Crippen LogP contribution in [0.5, 0.6) is 5.75 Å². The zero-order valence-electron chi connectivity index (χ0n) is 74.5. The van der Waals surface area contributed by atoms with Crippen molar-refractivity contribution in [2.75, 3.05) is 12.3 Å². The number of imidazole rings is 1. The number of hydrogen-bond donors (Lipinski definition) is 1. The maximum Gasteiger partial charge on any atom is 0.293 e. The number of furan rings is 3. The summed E-state index contributed by atoms with van der Waals surface area (Å²) in [5.74, 6) is 2.97. The molecule has 0 saturated carbocycles. The summed E-state index contributed by atoms with van der Waals surface area (Å²) in [5.41, 5.74) is 21.0. The number of aryl methyl sites for hydroxylation is 1. The molecule has 12 heterocycles. The second kappa shape index (κ2) is 44.2. The lowest BCUT2D eigenvalue weighted by Gasteiger charge is -2.16. The molecular weight excluding hydrogens is 1890 g/mol. The molecule has 13 aromatic rings. The fourth-order valence-electron chi connectivity index (χ4n) is 15.2. The van der Waals surface area contributed by atoms with Crippen LogP contribution in [0.3, 0.4) is 0 Å². The number of nitrogens with zero attached hydrogens (tertiary/aromatic N) is 10. The highest BCUT2D eigenvalue weighted by molar-refractivity contribution is 8.19. The van der Waals surface area contributed by atoms with Crippen molar-refractivity contribution in [2.24, 2.45) is 25.7 Å². The van der Waals surface area contributed by atoms with E-state index in [0.717, 1.165) is 181 Å². The third-order valence-corrected chi connectivity index (χ3v) is 29.1. The molecular formula is C104H90ClN11O12S8. The number of para-hydroxylation sites is 6. The van der Waals surface area contributed by atoms with E-state index in [4.69, 9.17) is 33.7 Å². The Labute approximate surface area is 825 Å². The predicted octanol–water partition coefficient (Wildman–Crippen LogP) is 26.4. The maximum atomic E-state index is 12.5. The molecule has 32 heteroatoms. The zero-order chi connectivity index (χ0) is 93.9. The summed E-state index contributed by atoms with van der Waals surface area (Å²) >= 11 is 10.5. The summed E-state index contributed by atoms with van der Waals surface area (Å²) < 4.78 is 25.6. The van der Waals surface area contributed by atoms with Crippen molar-refractivity contribution in [1.29, 1.82) is 0 Å². The van der Waals surface area contributed by atoms with Crippen molar-refractivity contribution in [2.45, 2.75) is 136 Å². The van der Waals surface area contributed by atoms with E-state index in [-0.39, 0.29) is 75.0 Å². The summed E-state index contributed by atoms with van der Waals surface area (Å²) in [6, 6.07) is 80.5. The number of fused-ring (bicyclic) bond motifs is 6. The predicted molar refractivity (Wildman–Crippen MR) is 554 cm³/mol. The molecule has 2 N–H and O–H groups in total. The number of hydrogen-bond acceptors (Lipinski definition) is 26. The van der Waals surface area contributed by atoms with Crippen LogP contribution in [-0.4, -0.2) is 125 Å². The van der Waals surface area contributed by atoms with Gasteiger partial charge in [-0.05, 0) is 274 Å². The van der Waals surface area contributed by atoms with E-state index in [9.17, 15) is 38.4 Å². The van der Waals surface area contributed by atoms with Crippen molar-refractivity contribution in [3.63, 3.8) is 0 Å². The lowest BCUT2D eigenvalue weighted by Crippen LogP contribution is -2.34. The van der Waals surface area contributed by atoms with E-state index in [1.165, 1.54) is 54.9 Å². The Balaban J connectivity index is 0.000000123. The van der Waals surface area contributed by atoms with Crippen LogP contribution >= 0.6 is 107 Å². The zero-order valence-corrected chi connectivity index (χ0v) is 81.9. The molecule has 136 heavy (non-hydrogen) atoms. The van der Waals surface area contributed by atoms with Gasteiger partial charge in [0.15, 0.2) is 27.0 Å². The Kier molecular flexibility index (Phi) is 31.4. The van der Waals surface area contributed by atoms with Gasteiger partial charge in [0.2, 0.25) is 5.78 Å². The van der Waals surface area contributed by atoms with E-state index in [2.05, 4.69) is 50.4 Å². The van der Waals surface area contributed by atoms with Gasteiger partial charge in [0.25, 0.3) is 38.7 Å². The van der Waals surface area contributed by atoms with Crippen LogP contribution < -0.4 is 10.5 Å². The van der Waals surface area contributed by atoms with Gasteiger partial charge in [-0.3, -0.25) is 58.0 Å². The standard InChI is InChI=1S/C23H18N2O3S2.C22H21N3O2S.C21H18N2O3S.C21H18N2O2S2.C17H14N2O2S2.ClH/c1-13(2)25-22(26)20(30-23(25)27)11-16-9-15-7-8-17(12-19(15)28-16)29-21-10-14-5-3-4-6-18(14)24-21;23-13-6-14-25-18-10-5-4-9-17(18)24-22(25)28-21-12-11-20(27-21)19(26)15-16-7-2-1-3-8-16;2*1-13(2)23-20(24)18(27-21(23)25)11-14-7-9-16(10-8-14)26-19-12-15-5-3-4-6-17(15)22-19;1-11-10-22-17(20)19(11)9-13-6-7-16(21-13)23-15-8-12-4-2-3-5-14(12)18-15;/h3-9,11-13H,10H2,1-2H3;1-5,7-12H,6,13-15,23H2;2*3-11,13H,12H2,1-2H3;2-7H,1,8-10H2;1H/b20-11-;;2*18-11-;;. The second-order valence-electron chi connectivity index (χ2n) is 32.5. The fourth-order valence-corrected chi connectivity index (χ4v) is 22.5. The number of carbonyl (C=O) groups is 8. The lowest BCUT2D eigenvalue weighted by atomic mass is 10.1. The number of benzene rings is 9. The first-order valence-corrected chi connectivity index (χ1v) is 50.2. The molecule has 23 nitrogen and oxygen atoms in total. The van der Waals surface area contributed by atoms with Crippen LogP contribution in [-0.2, 0) is 59.6 Å². The molecule has 8 aliphatic heterocycles. The van der Waals surface area contributed by atoms with Crippen molar-refractivity contribution in [3.8, 4) is 5.75 Å². The molecule has 7 amide bonds. The first-order chi connectivity index (χ1) is 65.4. The molecule has 0 aliphatic carbocycles. The first-order valence-electron chi connectivity index (χ1n) is 43.5. The van der Waals surface area contributed by atoms with E-state index < -0.39 is 0 Å². The number of aliphatic imine (C=N–C) groups is 4. The van der Waals surface area contributed by atoms with Crippen molar-refractivity contribution in [1.82, 2.24) is 29.2 Å². The highest BCUT2D eigenvalue weighted by Crippen LogP contribution is 2.43. The molecule has 0 atom stereocenters. The lowest BCUT2D eigenvalue weighted by molar-refractivity contribution is -0.124. The van der Waals surface area contributed by atoms with Crippen molar-refractivity contribution in [3.05, 3.63) is 332 Å². The number of imide groups is 3. The molecule has 9 aromatic carbocycles. The molecule has 4 aromatic heterocycles. The summed E-state index contributed by atoms with van der Waals surface area (Å²) in [5, 5.41) is 5.79. The molecule has 0 radical (unpaired) electrons. The van der Waals surface area contributed by atoms with Gasteiger partial charge in [-0.2, -0.15) is 0 Å². The minimum atomic E-state index is -0.268. The van der Waals surface area contributed by atoms with Crippen LogP contribution in [0.4, 0.5) is 41.9 Å². The van der Waals surface area contributed by atoms with E-state index in [0.29, 0.717) is 74.7 Å². The monoisotopic (exact) mass is 1980 g/mol. The van der Waals surface area contributed by atoms with Gasteiger partial charge < -0.3 is 28.3 Å². The molecule has 8 aliphatic rings. The summed E-state index contributed by atoms with van der Waals surface area (Å²) in [7, 11) is 0. The van der Waals surface area contributed by atoms with E-state index >= 15 is 0 Å². The quantitative estimate of drug-likeness (QED) is 0.0548. The van der Waals surface area contributed by atoms with Crippen LogP contribution in [0.25, 0.3) is 40.2 Å². The molecule has 4 saturated heterocycles. The number of Topliss-reactive ketones (excluding diaryl/α,β-unsaturated/α-hetero) is 1. The third kappa shape index (κ3) is 23.5. The van der Waals surface area contributed by atoms with Gasteiger partial charge in [0.1, 0.15) is 22.9 Å². The minimum absolute atomic E-state index is 0. The average Bonchev–Trinajstić information content (AvgIpc) is 1.39. The average molecular weight is 1980 g/mol. The summed E-state index contributed by atoms with van der Waals surface area (Å²) in [6.07, 6.45) is 9.59. The van der Waals surface area contributed by atoms with E-state index in [1.54, 1.807) is 64.5 Å². The SMILES string of the molecule is C=C1CSC(=O)N1Cc1ccc(SC2=Nc3ccccc3C2)o1.CC(C)N1C(=O)S/C(=C\c2cc3ccc(SC4=Nc5ccccc5C4)cc3o2)C1=O.CC(C)N1C(=O)S/C(=C\c2ccc(OC3=Nc4ccccc4C3)cc2)C1=O.CC(C)N1C(=O)S/C(=C\c2ccc(SC3=Nc4ccccc4C3)cc2)C1=O.Cl.NCCCn1c(Sc2ccc(C(=O)Cc3ccccc3)o2)nc2ccccc21. The summed E-state index contributed by atoms with van der Waals surface area (Å²) in [4.78, 5) is 130. The summed E-state index contributed by atoms with van der Waals surface area (Å²) in [6.45, 7) is 16.8. The molecule has 0 spiro atoms. The van der Waals surface area contributed by atoms with E-state index in [1.807, 2.05) is 260 Å². The molecule has 21 rings (SSSR count). The highest BCUT2D eigenvalue weighted by atomic mass is 35.5. The van der Waals surface area contributed by atoms with Crippen LogP contribution in [0.2, 0.25) is 0 Å². The topological polar surface area (TPSA) is 291 Å². The number of amides is 7. The Bertz CT molecular complexity index is 6880. The smallest absolute Gasteiger partial charge is 0.293 e. The molecule has 4 fully saturated rings. The van der Waals surface area contributed by atoms with Crippen LogP contribution in [0.15, 0.2) is 334 Å². The highest BCUT2D eigenvalue weighted by Gasteiger charge is 2.40. The number of aromatic nitrogens is 2. The Morgan fingerprint density at radius 2 is 0.978 bits per heavy atom. The normalized spacial score (nSPS) is 16.1. The number of thioether (sulfide) groups is 7. The number of carbonyl (C=O) groups excluding carboxylic acids is 8. The number of rotatable bonds is 20. The van der Waals surface area contributed by atoms with Gasteiger partial charge in [-0.1, -0.05) is 181 Å². The largest absolute Gasteiger partial charge is 0.457 e. The van der Waals surface area contributed by atoms with Gasteiger partial charge in [-0.15, -0.1) is 12.4 Å². The van der Waals surface area contributed by atoms with Gasteiger partial charge in [0, 0.05) is 83.1 Å². The Morgan fingerprint density at radius 1 is 0.493 bits per heavy atom. The third-order valence-electron chi connectivity index (χ3n) is 21.8. The molecule has 0 unspecified atom stereocenters. The van der Waals surface area contributed by atoms with Gasteiger partial charge in [-0.25, -0.2) is 25.0 Å². The Morgan fingerprint density at radius 3 is 1.51 bits per heavy atom. The number of ketones is 1. The van der Waals surface area contributed by atoms with Gasteiger partial charge >= 0.3 is 0 Å². The number of ether oxygens (including phenoxy) is 1. The van der Waals surface area contributed by atoms with Crippen LogP contribution in [0.1, 0.15) is 109 Å². The Hall–Kier alpha value is -12.4. The number of nitrogens with two attached hydrogens (primary N) is 1. The molecule has 0 bridgehead atoms. The molecule has 688 valence electrons. The van der Waals surface area contributed by atoms with Gasteiger partial charge in [0.05, 0.1) is 76.6 Å². The van der Waals surface area contributed by atoms with Crippen LogP contribution in [0, 0.1) is 0 Å². The number of halogens is 1. The maximum absolute atomic E-state index is 12.5. The van der Waals surface area contributed by atoms with Crippen molar-refractivity contribution < 1.29 is 56.3 Å². The fraction of sp³-hybridized carbons (Fsp3) is 0.183. The minimum Gasteiger partial charge on any atom is -0.457 e. The second-order valence-corrected chi connectivity index (χ2v) is 40.7.